The van der Waals surface area contributed by atoms with Crippen molar-refractivity contribution in [3.8, 4) is 50.4 Å². The van der Waals surface area contributed by atoms with E-state index in [1.165, 1.54) is 25.3 Å². The number of amides is 2. The smallest absolute Gasteiger partial charge is 0.410 e. The Labute approximate surface area is 809 Å². The summed E-state index contributed by atoms with van der Waals surface area (Å²) in [4.78, 5) is 101. The molecule has 6 aromatic heterocycles. The number of H-pyrrole nitrogens is 3. The van der Waals surface area contributed by atoms with Crippen molar-refractivity contribution in [2.75, 3.05) is 80.1 Å². The molecule has 0 radical (unpaired) electrons. The van der Waals surface area contributed by atoms with Crippen LogP contribution in [0, 0.1) is 37.0 Å². The zero-order valence-electron chi connectivity index (χ0n) is 79.0. The summed E-state index contributed by atoms with van der Waals surface area (Å²) in [5.74, 6) is 2.68. The number of carbonyl (C=O) groups excluding carboxylic acids is 3. The molecule has 11 heterocycles. The summed E-state index contributed by atoms with van der Waals surface area (Å²) < 4.78 is 10.9. The number of rotatable bonds is 14. The third kappa shape index (κ3) is 17.8. The zero-order valence-corrected chi connectivity index (χ0v) is 82.0. The molecule has 3 N–H and O–H groups in total. The summed E-state index contributed by atoms with van der Waals surface area (Å²) >= 11 is 26.1. The molecule has 136 heavy (non-hydrogen) atoms. The standard InChI is InChI=1S/C37H41ClN6O3.C35H35ClN6O2.C33H34ClN5O.C3H3ClO/c1-22(2)24-9-7-8-10-30(24)44-31-18-25(32-23(3)11-12-29-27(32)19-39-41-29)28(38)17-26(31)33(40-34(44)45)42-15-13-37(14-16-42)20-43(21-37)35(46)47-36(4,5)6;1-5-31(43)41-19-35(20-41)12-14-40(15-13-35)33-25-16-27(36)24(32-22(4)10-11-28-26(32)18-37-39-28)17-30(25)42(34(44)38-33)29-9-7-6-8-23(29)21(2)3;1-20(2)22-7-4-5-8-28(22)39-29-18-23(30-21(3)9-10-27-25(30)19-35-37-27)26(34)17-24(29)31(36-32(39)40)38-15-13-33(14-16-38)11-6-12-33;1-2-3(4)5/h7-12,17-19,22H,13-16,20-21H2,1-6H3,(H,39,41);5-11,16-18,21H,1,12-15,19-20H2,2-4H3,(H,37,39);4-5,7-10,17-20H,6,11-16H2,1-3H3,(H,35,37);2H,1H2. The average molecular weight is 1900 g/mol. The van der Waals surface area contributed by atoms with Crippen LogP contribution < -0.4 is 31.8 Å². The van der Waals surface area contributed by atoms with Gasteiger partial charge < -0.3 is 29.2 Å². The molecule has 700 valence electrons. The van der Waals surface area contributed by atoms with Crippen molar-refractivity contribution in [1.29, 1.82) is 0 Å². The Morgan fingerprint density at radius 1 is 0.419 bits per heavy atom. The van der Waals surface area contributed by atoms with E-state index in [0.717, 1.165) is 252 Å². The van der Waals surface area contributed by atoms with E-state index in [1.54, 1.807) is 18.6 Å². The molecular formula is C108H113Cl4N17O7. The lowest BCUT2D eigenvalue weighted by Gasteiger charge is -2.54. The number of anilines is 3. The fourth-order valence-corrected chi connectivity index (χ4v) is 22.1. The first kappa shape index (κ1) is 93.7. The minimum atomic E-state index is -0.517. The van der Waals surface area contributed by atoms with Crippen LogP contribution in [0.25, 0.3) is 116 Å². The second kappa shape index (κ2) is 37.4. The number of fused-ring (bicyclic) bond motifs is 6. The van der Waals surface area contributed by atoms with Crippen LogP contribution in [0.4, 0.5) is 22.2 Å². The Kier molecular flexibility index (Phi) is 25.8. The number of para-hydroxylation sites is 3. The fraction of sp³-hybridized carbons (Fsp3) is 0.352. The highest BCUT2D eigenvalue weighted by Gasteiger charge is 2.50. The molecule has 9 aromatic carbocycles. The van der Waals surface area contributed by atoms with E-state index in [4.69, 9.17) is 66.1 Å². The minimum Gasteiger partial charge on any atom is -0.444 e. The number of halogens is 4. The Bertz CT molecular complexity index is 7450. The van der Waals surface area contributed by atoms with E-state index in [9.17, 15) is 28.8 Å². The predicted molar refractivity (Wildman–Crippen MR) is 550 cm³/mol. The van der Waals surface area contributed by atoms with Crippen LogP contribution in [-0.4, -0.2) is 157 Å². The Hall–Kier alpha value is -12.7. The van der Waals surface area contributed by atoms with Crippen LogP contribution in [0.3, 0.4) is 0 Å². The molecule has 0 unspecified atom stereocenters. The topological polar surface area (TPSA) is 267 Å². The summed E-state index contributed by atoms with van der Waals surface area (Å²) in [6.45, 7) is 39.1. The van der Waals surface area contributed by atoms with Gasteiger partial charge in [-0.25, -0.2) is 19.2 Å². The number of aryl methyl sites for hydroxylation is 3. The number of allylic oxidation sites excluding steroid dienone is 1. The zero-order chi connectivity index (χ0) is 95.9. The van der Waals surface area contributed by atoms with Crippen LogP contribution >= 0.6 is 46.4 Å². The number of aromatic nitrogens is 12. The number of likely N-dealkylation sites (tertiary alicyclic amines) is 2. The van der Waals surface area contributed by atoms with Crippen molar-refractivity contribution in [2.24, 2.45) is 16.2 Å². The molecule has 0 atom stereocenters. The monoisotopic (exact) mass is 1900 g/mol. The lowest BCUT2D eigenvalue weighted by Crippen LogP contribution is -2.62. The van der Waals surface area contributed by atoms with Crippen LogP contribution in [-0.2, 0) is 14.3 Å². The SMILES string of the molecule is C=CC(=O)Cl.C=CC(=O)N1CC2(CCN(c3nc(=O)n(-c4ccccc4C(C)C)c4cc(-c5c(C)ccc6[nH]ncc56)c(Cl)cc34)CC2)C1.Cc1ccc2[nH]ncc2c1-c1cc2c(cc1Cl)c(N1CCC3(CC1)CN(C(=O)OC(C)(C)C)C3)nc(=O)n2-c1ccccc1C(C)C.Cc1ccc2[nH]ncc2c1-c1cc2c(cc1Cl)c(N1CCC3(CCC3)CC1)nc(=O)n2-c1ccccc1C(C)C. The van der Waals surface area contributed by atoms with Gasteiger partial charge in [-0.05, 0) is 263 Å². The molecular weight excluding hydrogens is 1790 g/mol. The van der Waals surface area contributed by atoms with Gasteiger partial charge in [0.15, 0.2) is 0 Å². The van der Waals surface area contributed by atoms with Crippen molar-refractivity contribution < 1.29 is 19.1 Å². The van der Waals surface area contributed by atoms with Crippen molar-refractivity contribution >= 4 is 147 Å². The molecule has 1 saturated carbocycles. The molecule has 6 aliphatic rings. The highest BCUT2D eigenvalue weighted by Crippen LogP contribution is 2.52. The molecule has 15 aromatic rings. The van der Waals surface area contributed by atoms with Gasteiger partial charge in [0.25, 0.3) is 0 Å². The largest absolute Gasteiger partial charge is 0.444 e. The van der Waals surface area contributed by atoms with Gasteiger partial charge in [0.05, 0.1) is 68.8 Å². The van der Waals surface area contributed by atoms with Gasteiger partial charge in [-0.15, -0.1) is 0 Å². The molecule has 0 bridgehead atoms. The number of nitrogens with zero attached hydrogens (tertiary/aromatic N) is 14. The number of piperidine rings is 3. The predicted octanol–water partition coefficient (Wildman–Crippen LogP) is 23.2. The van der Waals surface area contributed by atoms with E-state index in [1.807, 2.05) is 147 Å². The Morgan fingerprint density at radius 3 is 1.00 bits per heavy atom. The number of nitrogens with one attached hydrogen (secondary N) is 3. The lowest BCUT2D eigenvalue weighted by atomic mass is 9.63. The molecule has 5 saturated heterocycles. The van der Waals surface area contributed by atoms with Crippen molar-refractivity contribution in [2.45, 2.75) is 164 Å². The first-order valence-electron chi connectivity index (χ1n) is 47.0. The summed E-state index contributed by atoms with van der Waals surface area (Å²) in [6.07, 6.45) is 17.6. The van der Waals surface area contributed by atoms with Gasteiger partial charge in [0.2, 0.25) is 11.1 Å². The lowest BCUT2D eigenvalue weighted by molar-refractivity contribution is -0.139. The summed E-state index contributed by atoms with van der Waals surface area (Å²) in [5.41, 5.74) is 18.9. The minimum absolute atomic E-state index is 0.0113. The Morgan fingerprint density at radius 2 is 0.721 bits per heavy atom. The van der Waals surface area contributed by atoms with Gasteiger partial charge in [-0.2, -0.15) is 30.2 Å². The number of ether oxygens (including phenoxy) is 1. The van der Waals surface area contributed by atoms with E-state index in [2.05, 4.69) is 163 Å². The maximum atomic E-state index is 14.2. The maximum absolute atomic E-state index is 14.2. The first-order valence-corrected chi connectivity index (χ1v) is 48.5. The normalized spacial score (nSPS) is 16.1. The number of benzene rings is 9. The fourth-order valence-electron chi connectivity index (χ4n) is 21.3. The molecule has 1 aliphatic carbocycles. The van der Waals surface area contributed by atoms with Gasteiger partial charge in [0.1, 0.15) is 23.1 Å². The van der Waals surface area contributed by atoms with E-state index >= 15 is 0 Å². The summed E-state index contributed by atoms with van der Waals surface area (Å²) in [7, 11) is 0. The molecule has 24 nitrogen and oxygen atoms in total. The molecule has 2 amide bonds. The van der Waals surface area contributed by atoms with Crippen molar-refractivity contribution in [3.05, 3.63) is 269 Å². The van der Waals surface area contributed by atoms with Crippen molar-refractivity contribution in [1.82, 2.24) is 69.0 Å². The maximum Gasteiger partial charge on any atom is 0.410 e. The second-order valence-corrected chi connectivity index (χ2v) is 41.3. The molecule has 21 rings (SSSR count). The van der Waals surface area contributed by atoms with Gasteiger partial charge in [0, 0.05) is 140 Å². The van der Waals surface area contributed by atoms with Crippen LogP contribution in [0.15, 0.2) is 204 Å². The van der Waals surface area contributed by atoms with E-state index in [-0.39, 0.29) is 57.7 Å². The van der Waals surface area contributed by atoms with E-state index in [0.29, 0.717) is 45.2 Å². The van der Waals surface area contributed by atoms with Gasteiger partial charge in [-0.3, -0.25) is 38.6 Å². The highest BCUT2D eigenvalue weighted by atomic mass is 35.5. The van der Waals surface area contributed by atoms with Crippen LogP contribution in [0.2, 0.25) is 15.1 Å². The molecule has 5 aliphatic heterocycles. The van der Waals surface area contributed by atoms with Crippen molar-refractivity contribution in [3.63, 3.8) is 0 Å². The molecule has 6 fully saturated rings. The number of hydrogen-bond acceptors (Lipinski definition) is 16. The number of carbonyl (C=O) groups is 3. The number of hydrogen-bond donors (Lipinski definition) is 3. The first-order chi connectivity index (χ1) is 65.2. The molecule has 3 spiro atoms. The third-order valence-electron chi connectivity index (χ3n) is 28.8. The van der Waals surface area contributed by atoms with Gasteiger partial charge >= 0.3 is 23.2 Å². The van der Waals surface area contributed by atoms with Crippen LogP contribution in [0.1, 0.15) is 171 Å². The third-order valence-corrected chi connectivity index (χ3v) is 29.9. The average Bonchev–Trinajstić information content (AvgIpc) is 1.13. The van der Waals surface area contributed by atoms with Crippen LogP contribution in [0.5, 0.6) is 0 Å². The number of aromatic amines is 3. The quantitative estimate of drug-likeness (QED) is 0.0674. The Balaban J connectivity index is 0.000000133. The highest BCUT2D eigenvalue weighted by molar-refractivity contribution is 6.66. The molecule has 28 heteroatoms. The summed E-state index contributed by atoms with van der Waals surface area (Å²) in [6, 6.07) is 48.6. The summed E-state index contributed by atoms with van der Waals surface area (Å²) in [5, 5.41) is 28.9. The van der Waals surface area contributed by atoms with Gasteiger partial charge in [-0.1, -0.05) is 169 Å². The van der Waals surface area contributed by atoms with E-state index < -0.39 is 10.8 Å². The second-order valence-electron chi connectivity index (χ2n) is 39.7.